The minimum Gasteiger partial charge on any atom is -0.354 e. The largest absolute Gasteiger partial charge is 0.354 e. The minimum absolute atomic E-state index is 0.487. The summed E-state index contributed by atoms with van der Waals surface area (Å²) in [7, 11) is 4.16. The van der Waals surface area contributed by atoms with Gasteiger partial charge < -0.3 is 15.5 Å². The average molecular weight is 364 g/mol. The van der Waals surface area contributed by atoms with Crippen molar-refractivity contribution in [1.82, 2.24) is 20.5 Å². The molecule has 6 heteroatoms. The van der Waals surface area contributed by atoms with Gasteiger partial charge in [0, 0.05) is 30.1 Å². The van der Waals surface area contributed by atoms with E-state index in [1.165, 1.54) is 42.7 Å². The number of hydrogen-bond donors (Lipinski definition) is 2. The third kappa shape index (κ3) is 4.34. The van der Waals surface area contributed by atoms with Gasteiger partial charge in [-0.15, -0.1) is 11.3 Å². The lowest BCUT2D eigenvalue weighted by Crippen LogP contribution is -2.56. The monoisotopic (exact) mass is 363 g/mol. The van der Waals surface area contributed by atoms with Crippen molar-refractivity contribution >= 4 is 17.3 Å². The van der Waals surface area contributed by atoms with Crippen LogP contribution in [0.15, 0.2) is 4.99 Å². The van der Waals surface area contributed by atoms with Crippen LogP contribution in [-0.2, 0) is 6.54 Å². The number of aryl methyl sites for hydroxylation is 1. The summed E-state index contributed by atoms with van der Waals surface area (Å²) in [5.41, 5.74) is 1.23. The first kappa shape index (κ1) is 18.6. The molecule has 0 amide bonds. The normalized spacial score (nSPS) is 27.6. The molecule has 2 aliphatic rings. The number of nitrogens with one attached hydrogen (secondary N) is 2. The Labute approximate surface area is 156 Å². The topological polar surface area (TPSA) is 52.6 Å². The highest BCUT2D eigenvalue weighted by atomic mass is 32.1. The van der Waals surface area contributed by atoms with Crippen LogP contribution in [-0.4, -0.2) is 48.1 Å². The second kappa shape index (κ2) is 8.04. The van der Waals surface area contributed by atoms with Gasteiger partial charge in [0.15, 0.2) is 5.96 Å². The smallest absolute Gasteiger partial charge is 0.191 e. The molecule has 2 N–H and O–H groups in total. The van der Waals surface area contributed by atoms with Gasteiger partial charge in [0.05, 0.1) is 12.2 Å². The summed E-state index contributed by atoms with van der Waals surface area (Å²) in [5, 5.41) is 8.26. The molecular weight excluding hydrogens is 330 g/mol. The van der Waals surface area contributed by atoms with E-state index in [0.29, 0.717) is 12.0 Å². The van der Waals surface area contributed by atoms with Crippen LogP contribution in [0.3, 0.4) is 0 Å². The van der Waals surface area contributed by atoms with Gasteiger partial charge in [-0.2, -0.15) is 0 Å². The number of nitrogens with zero attached hydrogens (tertiary/aromatic N) is 3. The summed E-state index contributed by atoms with van der Waals surface area (Å²) in [6.45, 7) is 7.33. The number of aromatic nitrogens is 1. The summed E-state index contributed by atoms with van der Waals surface area (Å²) in [5.74, 6) is 1.40. The second-order valence-electron chi connectivity index (χ2n) is 7.85. The number of thiazole rings is 1. The Balaban J connectivity index is 1.54. The zero-order valence-electron chi connectivity index (χ0n) is 16.3. The molecule has 2 bridgehead atoms. The van der Waals surface area contributed by atoms with Crippen LogP contribution in [0.1, 0.15) is 67.4 Å². The van der Waals surface area contributed by atoms with Gasteiger partial charge in [-0.1, -0.05) is 20.3 Å². The average Bonchev–Trinajstić information content (AvgIpc) is 2.93. The number of aliphatic imine (C=N–C) groups is 1. The fourth-order valence-electron chi connectivity index (χ4n) is 4.36. The van der Waals surface area contributed by atoms with Crippen LogP contribution >= 0.6 is 11.3 Å². The zero-order chi connectivity index (χ0) is 18.0. The predicted molar refractivity (Wildman–Crippen MR) is 106 cm³/mol. The van der Waals surface area contributed by atoms with Gasteiger partial charge >= 0.3 is 0 Å². The third-order valence-corrected chi connectivity index (χ3v) is 6.72. The van der Waals surface area contributed by atoms with E-state index in [-0.39, 0.29) is 0 Å². The minimum atomic E-state index is 0.487. The Bertz CT molecular complexity index is 595. The predicted octanol–water partition coefficient (Wildman–Crippen LogP) is 3.26. The van der Waals surface area contributed by atoms with E-state index in [0.717, 1.165) is 29.6 Å². The molecule has 0 aliphatic carbocycles. The van der Waals surface area contributed by atoms with E-state index in [4.69, 9.17) is 4.98 Å². The lowest BCUT2D eigenvalue weighted by Gasteiger charge is -2.47. The number of guanidine groups is 1. The maximum atomic E-state index is 4.79. The van der Waals surface area contributed by atoms with E-state index in [1.807, 2.05) is 7.05 Å². The molecule has 5 nitrogen and oxygen atoms in total. The molecule has 2 atom stereocenters. The molecule has 0 radical (unpaired) electrons. The summed E-state index contributed by atoms with van der Waals surface area (Å²) >= 11 is 1.79. The van der Waals surface area contributed by atoms with Crippen molar-refractivity contribution in [2.24, 2.45) is 4.99 Å². The van der Waals surface area contributed by atoms with Gasteiger partial charge in [0.25, 0.3) is 0 Å². The summed E-state index contributed by atoms with van der Waals surface area (Å²) < 4.78 is 0. The maximum Gasteiger partial charge on any atom is 0.191 e. The third-order valence-electron chi connectivity index (χ3n) is 5.73. The molecule has 2 unspecified atom stereocenters. The van der Waals surface area contributed by atoms with Crippen molar-refractivity contribution < 1.29 is 0 Å². The molecule has 0 aromatic carbocycles. The van der Waals surface area contributed by atoms with Gasteiger partial charge in [-0.25, -0.2) is 4.98 Å². The molecule has 140 valence electrons. The molecule has 1 aromatic heterocycles. The molecule has 25 heavy (non-hydrogen) atoms. The molecule has 2 fully saturated rings. The van der Waals surface area contributed by atoms with E-state index in [2.05, 4.69) is 48.3 Å². The van der Waals surface area contributed by atoms with Crippen LogP contribution < -0.4 is 10.6 Å². The molecular formula is C19H33N5S. The highest BCUT2D eigenvalue weighted by Gasteiger charge is 2.36. The lowest BCUT2D eigenvalue weighted by molar-refractivity contribution is 0.0526. The Kier molecular flexibility index (Phi) is 6.00. The van der Waals surface area contributed by atoms with Crippen LogP contribution in [0.4, 0.5) is 0 Å². The highest BCUT2D eigenvalue weighted by molar-refractivity contribution is 7.11. The Morgan fingerprint density at radius 1 is 1.32 bits per heavy atom. The lowest BCUT2D eigenvalue weighted by atomic mass is 9.82. The standard InChI is InChI=1S/C19H33N5S/c1-12(2)18-13(3)25-17(23-18)11-21-19(20-4)22-14-9-15-7-6-8-16(10-14)24(15)5/h12,14-16H,6-11H2,1-5H3,(H2,20,21,22). The molecule has 0 saturated carbocycles. The van der Waals surface area contributed by atoms with Gasteiger partial charge in [-0.05, 0) is 45.6 Å². The molecule has 2 aliphatic heterocycles. The van der Waals surface area contributed by atoms with Crippen LogP contribution in [0.2, 0.25) is 0 Å². The fourth-order valence-corrected chi connectivity index (χ4v) is 5.38. The number of piperidine rings is 2. The number of hydrogen-bond acceptors (Lipinski definition) is 4. The van der Waals surface area contributed by atoms with Crippen molar-refractivity contribution in [3.63, 3.8) is 0 Å². The molecule has 1 aromatic rings. The summed E-state index contributed by atoms with van der Waals surface area (Å²) in [6.07, 6.45) is 6.52. The van der Waals surface area contributed by atoms with E-state index in [1.54, 1.807) is 11.3 Å². The molecule has 2 saturated heterocycles. The first-order chi connectivity index (χ1) is 12.0. The van der Waals surface area contributed by atoms with Crippen LogP contribution in [0.25, 0.3) is 0 Å². The van der Waals surface area contributed by atoms with E-state index >= 15 is 0 Å². The maximum absolute atomic E-state index is 4.79. The van der Waals surface area contributed by atoms with Crippen molar-refractivity contribution in [1.29, 1.82) is 0 Å². The van der Waals surface area contributed by atoms with Gasteiger partial charge in [-0.3, -0.25) is 4.99 Å². The SMILES string of the molecule is CN=C(NCc1nc(C(C)C)c(C)s1)NC1CC2CCCC(C1)N2C. The van der Waals surface area contributed by atoms with Crippen molar-refractivity contribution in [2.75, 3.05) is 14.1 Å². The van der Waals surface area contributed by atoms with Crippen molar-refractivity contribution in [3.8, 4) is 0 Å². The van der Waals surface area contributed by atoms with Crippen LogP contribution in [0, 0.1) is 6.92 Å². The first-order valence-corrected chi connectivity index (χ1v) is 10.4. The summed E-state index contributed by atoms with van der Waals surface area (Å²) in [6, 6.07) is 2.00. The van der Waals surface area contributed by atoms with Crippen molar-refractivity contribution in [3.05, 3.63) is 15.6 Å². The summed E-state index contributed by atoms with van der Waals surface area (Å²) in [4.78, 5) is 13.1. The Morgan fingerprint density at radius 3 is 2.56 bits per heavy atom. The first-order valence-electron chi connectivity index (χ1n) is 9.63. The molecule has 3 heterocycles. The highest BCUT2D eigenvalue weighted by Crippen LogP contribution is 2.32. The zero-order valence-corrected chi connectivity index (χ0v) is 17.1. The molecule has 3 rings (SSSR count). The van der Waals surface area contributed by atoms with E-state index in [9.17, 15) is 0 Å². The fraction of sp³-hybridized carbons (Fsp3) is 0.789. The van der Waals surface area contributed by atoms with Crippen LogP contribution in [0.5, 0.6) is 0 Å². The van der Waals surface area contributed by atoms with Gasteiger partial charge in [0.2, 0.25) is 0 Å². The van der Waals surface area contributed by atoms with Crippen molar-refractivity contribution in [2.45, 2.75) is 83.5 Å². The number of fused-ring (bicyclic) bond motifs is 2. The quantitative estimate of drug-likeness (QED) is 0.637. The van der Waals surface area contributed by atoms with Gasteiger partial charge in [0.1, 0.15) is 5.01 Å². The Hall–Kier alpha value is -1.14. The second-order valence-corrected chi connectivity index (χ2v) is 9.13. The van der Waals surface area contributed by atoms with E-state index < -0.39 is 0 Å². The number of rotatable bonds is 4. The molecule has 0 spiro atoms. The Morgan fingerprint density at radius 2 is 2.00 bits per heavy atom.